The topological polar surface area (TPSA) is 0 Å². The molecular formula is C5H8Br3. The number of rotatable bonds is 1. The van der Waals surface area contributed by atoms with Crippen molar-refractivity contribution in [1.82, 2.24) is 0 Å². The third-order valence-corrected chi connectivity index (χ3v) is 1.55. The molecule has 1 radical (unpaired) electrons. The molecule has 1 unspecified atom stereocenters. The van der Waals surface area contributed by atoms with Gasteiger partial charge in [0, 0.05) is 0 Å². The van der Waals surface area contributed by atoms with Gasteiger partial charge in [0.1, 0.15) is 2.14 Å². The highest BCUT2D eigenvalue weighted by Crippen LogP contribution is 2.39. The highest BCUT2D eigenvalue weighted by molar-refractivity contribution is 9.39. The lowest BCUT2D eigenvalue weighted by Crippen LogP contribution is -2.03. The molecule has 0 saturated carbocycles. The van der Waals surface area contributed by atoms with Crippen LogP contribution in [0.5, 0.6) is 0 Å². The summed E-state index contributed by atoms with van der Waals surface area (Å²) in [5, 5.41) is 0. The van der Waals surface area contributed by atoms with Gasteiger partial charge in [-0.25, -0.2) is 0 Å². The first-order chi connectivity index (χ1) is 3.42. The minimum Gasteiger partial charge on any atom is -0.0624 e. The third kappa shape index (κ3) is 7.44. The predicted molar refractivity (Wildman–Crippen MR) is 48.7 cm³/mol. The average molecular weight is 308 g/mol. The number of halogens is 3. The van der Waals surface area contributed by atoms with Crippen LogP contribution in [0, 0.1) is 12.8 Å². The van der Waals surface area contributed by atoms with Crippen LogP contribution in [-0.4, -0.2) is 2.14 Å². The lowest BCUT2D eigenvalue weighted by molar-refractivity contribution is 0.682. The van der Waals surface area contributed by atoms with E-state index in [2.05, 4.69) is 61.6 Å². The zero-order chi connectivity index (χ0) is 6.78. The molecular weight excluding hydrogens is 300 g/mol. The molecule has 0 rings (SSSR count). The lowest BCUT2D eigenvalue weighted by atomic mass is 10.2. The van der Waals surface area contributed by atoms with E-state index < -0.39 is 0 Å². The Bertz CT molecular complexity index is 62.6. The summed E-state index contributed by atoms with van der Waals surface area (Å²) in [4.78, 5) is 0. The van der Waals surface area contributed by atoms with Crippen LogP contribution in [0.4, 0.5) is 0 Å². The van der Waals surface area contributed by atoms with Crippen LogP contribution in [0.1, 0.15) is 13.3 Å². The van der Waals surface area contributed by atoms with Crippen molar-refractivity contribution >= 4 is 47.8 Å². The molecule has 0 nitrogen and oxygen atoms in total. The molecule has 0 heterocycles. The summed E-state index contributed by atoms with van der Waals surface area (Å²) in [7, 11) is 0. The first-order valence-corrected chi connectivity index (χ1v) is 4.69. The monoisotopic (exact) mass is 305 g/mol. The maximum atomic E-state index is 3.83. The van der Waals surface area contributed by atoms with Crippen molar-refractivity contribution < 1.29 is 0 Å². The molecule has 1 atom stereocenters. The first-order valence-electron chi connectivity index (χ1n) is 2.31. The zero-order valence-electron chi connectivity index (χ0n) is 4.63. The summed E-state index contributed by atoms with van der Waals surface area (Å²) in [6, 6.07) is 0. The van der Waals surface area contributed by atoms with Gasteiger partial charge in [-0.3, -0.25) is 0 Å². The van der Waals surface area contributed by atoms with Crippen molar-refractivity contribution in [2.45, 2.75) is 15.5 Å². The van der Waals surface area contributed by atoms with Gasteiger partial charge in [0.2, 0.25) is 0 Å². The average Bonchev–Trinajstić information content (AvgIpc) is 1.21. The second-order valence-electron chi connectivity index (χ2n) is 1.92. The molecule has 0 aromatic rings. The fourth-order valence-electron chi connectivity index (χ4n) is 0.395. The van der Waals surface area contributed by atoms with E-state index in [-0.39, 0.29) is 2.14 Å². The van der Waals surface area contributed by atoms with E-state index in [1.54, 1.807) is 0 Å². The molecule has 49 valence electrons. The predicted octanol–water partition coefficient (Wildman–Crippen LogP) is 3.69. The van der Waals surface area contributed by atoms with Gasteiger partial charge in [-0.2, -0.15) is 0 Å². The summed E-state index contributed by atoms with van der Waals surface area (Å²) >= 11 is 10.1. The number of alkyl halides is 3. The molecule has 0 aliphatic carbocycles. The molecule has 3 heteroatoms. The third-order valence-electron chi connectivity index (χ3n) is 0.580. The SMILES string of the molecule is [CH2]C(C)CC(Br)(Br)Br. The van der Waals surface area contributed by atoms with E-state index in [1.165, 1.54) is 0 Å². The van der Waals surface area contributed by atoms with Crippen LogP contribution in [0.2, 0.25) is 0 Å². The van der Waals surface area contributed by atoms with Crippen molar-refractivity contribution in [2.75, 3.05) is 0 Å². The Labute approximate surface area is 75.8 Å². The second-order valence-corrected chi connectivity index (χ2v) is 9.18. The zero-order valence-corrected chi connectivity index (χ0v) is 9.38. The molecule has 0 aromatic carbocycles. The summed E-state index contributed by atoms with van der Waals surface area (Å²) in [5.74, 6) is 0.452. The summed E-state index contributed by atoms with van der Waals surface area (Å²) in [6.45, 7) is 5.90. The van der Waals surface area contributed by atoms with Gasteiger partial charge < -0.3 is 0 Å². The Morgan fingerprint density at radius 1 is 1.50 bits per heavy atom. The van der Waals surface area contributed by atoms with Crippen LogP contribution in [0.25, 0.3) is 0 Å². The highest BCUT2D eigenvalue weighted by atomic mass is 80.0. The van der Waals surface area contributed by atoms with Gasteiger partial charge in [-0.05, 0) is 12.3 Å². The second kappa shape index (κ2) is 3.57. The minimum atomic E-state index is -0.103. The highest BCUT2D eigenvalue weighted by Gasteiger charge is 2.18. The smallest absolute Gasteiger partial charge is 0.0624 e. The Kier molecular flexibility index (Phi) is 4.21. The molecule has 0 spiro atoms. The van der Waals surface area contributed by atoms with Gasteiger partial charge in [-0.1, -0.05) is 61.6 Å². The fourth-order valence-corrected chi connectivity index (χ4v) is 2.05. The maximum absolute atomic E-state index is 3.83. The largest absolute Gasteiger partial charge is 0.135 e. The summed E-state index contributed by atoms with van der Waals surface area (Å²) < 4.78 is -0.103. The van der Waals surface area contributed by atoms with E-state index in [4.69, 9.17) is 0 Å². The van der Waals surface area contributed by atoms with Crippen LogP contribution >= 0.6 is 47.8 Å². The van der Waals surface area contributed by atoms with Gasteiger partial charge in [0.25, 0.3) is 0 Å². The van der Waals surface area contributed by atoms with Gasteiger partial charge in [-0.15, -0.1) is 0 Å². The molecule has 0 aliphatic rings. The van der Waals surface area contributed by atoms with Gasteiger partial charge in [0.15, 0.2) is 0 Å². The van der Waals surface area contributed by atoms with Crippen molar-refractivity contribution in [3.8, 4) is 0 Å². The standard InChI is InChI=1S/C5H8Br3/c1-4(2)3-5(6,7)8/h4H,1,3H2,2H3. The van der Waals surface area contributed by atoms with Crippen molar-refractivity contribution in [2.24, 2.45) is 5.92 Å². The molecule has 0 bridgehead atoms. The first kappa shape index (κ1) is 9.44. The van der Waals surface area contributed by atoms with Gasteiger partial charge >= 0.3 is 0 Å². The Hall–Kier alpha value is 1.44. The maximum Gasteiger partial charge on any atom is 0.135 e. The van der Waals surface area contributed by atoms with Crippen molar-refractivity contribution in [3.63, 3.8) is 0 Å². The van der Waals surface area contributed by atoms with Crippen molar-refractivity contribution in [3.05, 3.63) is 6.92 Å². The molecule has 0 saturated heterocycles. The quantitative estimate of drug-likeness (QED) is 0.648. The molecule has 0 aliphatic heterocycles. The molecule has 8 heavy (non-hydrogen) atoms. The summed E-state index contributed by atoms with van der Waals surface area (Å²) in [6.07, 6.45) is 0.965. The van der Waals surface area contributed by atoms with Gasteiger partial charge in [0.05, 0.1) is 0 Å². The summed E-state index contributed by atoms with van der Waals surface area (Å²) in [5.41, 5.74) is 0. The Morgan fingerprint density at radius 3 is 1.88 bits per heavy atom. The number of hydrogen-bond acceptors (Lipinski definition) is 0. The molecule has 0 fully saturated rings. The van der Waals surface area contributed by atoms with E-state index in [9.17, 15) is 0 Å². The lowest BCUT2D eigenvalue weighted by Gasteiger charge is -2.13. The van der Waals surface area contributed by atoms with Crippen LogP contribution in [-0.2, 0) is 0 Å². The Morgan fingerprint density at radius 2 is 1.88 bits per heavy atom. The van der Waals surface area contributed by atoms with Crippen LogP contribution < -0.4 is 0 Å². The van der Waals surface area contributed by atoms with E-state index in [0.29, 0.717) is 5.92 Å². The molecule has 0 amide bonds. The van der Waals surface area contributed by atoms with E-state index in [1.807, 2.05) is 0 Å². The minimum absolute atomic E-state index is 0.103. The number of hydrogen-bond donors (Lipinski definition) is 0. The fraction of sp³-hybridized carbons (Fsp3) is 0.800. The molecule has 0 aromatic heterocycles. The van der Waals surface area contributed by atoms with Crippen LogP contribution in [0.3, 0.4) is 0 Å². The van der Waals surface area contributed by atoms with Crippen LogP contribution in [0.15, 0.2) is 0 Å². The Balaban J connectivity index is 3.39. The molecule has 0 N–H and O–H groups in total. The van der Waals surface area contributed by atoms with E-state index >= 15 is 0 Å². The van der Waals surface area contributed by atoms with Crippen molar-refractivity contribution in [1.29, 1.82) is 0 Å². The normalized spacial score (nSPS) is 12.8. The van der Waals surface area contributed by atoms with E-state index in [0.717, 1.165) is 6.42 Å².